The van der Waals surface area contributed by atoms with Crippen molar-refractivity contribution >= 4 is 17.2 Å². The number of carbonyl (C=O) groups excluding carboxylic acids is 1. The molecule has 158 valence electrons. The molecule has 0 unspecified atom stereocenters. The predicted molar refractivity (Wildman–Crippen MR) is 114 cm³/mol. The molecule has 0 radical (unpaired) electrons. The van der Waals surface area contributed by atoms with Gasteiger partial charge in [0.15, 0.2) is 5.56 Å². The topological polar surface area (TPSA) is 114 Å². The summed E-state index contributed by atoms with van der Waals surface area (Å²) in [5.74, 6) is -0.911. The molecule has 0 aromatic carbocycles. The molecule has 0 saturated heterocycles. The molecule has 1 saturated carbocycles. The summed E-state index contributed by atoms with van der Waals surface area (Å²) < 4.78 is 2.77. The second kappa shape index (κ2) is 7.16. The van der Waals surface area contributed by atoms with E-state index in [-0.39, 0.29) is 22.9 Å². The standard InChI is InChI=1S/C21H26N6O3/c1-21(2,3)11-26-16-9-15(13-10-23-8-7-14(13)22-4)25-27(16)20(30)17(19(26)29)18(28)24-12-5-6-12/h7-10,12,29H,5-6,11H2,1-4H3,(H,22,23)(H,24,28). The van der Waals surface area contributed by atoms with Gasteiger partial charge in [-0.25, -0.2) is 0 Å². The van der Waals surface area contributed by atoms with Crippen molar-refractivity contribution in [3.05, 3.63) is 40.4 Å². The first kappa shape index (κ1) is 19.9. The van der Waals surface area contributed by atoms with E-state index in [1.807, 2.05) is 26.8 Å². The molecule has 1 amide bonds. The number of hydrogen-bond donors (Lipinski definition) is 3. The van der Waals surface area contributed by atoms with Crippen LogP contribution in [0.1, 0.15) is 44.0 Å². The summed E-state index contributed by atoms with van der Waals surface area (Å²) in [5, 5.41) is 21.3. The van der Waals surface area contributed by atoms with E-state index in [1.165, 1.54) is 4.52 Å². The molecule has 9 nitrogen and oxygen atoms in total. The van der Waals surface area contributed by atoms with Crippen molar-refractivity contribution in [3.8, 4) is 17.1 Å². The Kier molecular flexibility index (Phi) is 4.76. The molecule has 3 aromatic heterocycles. The van der Waals surface area contributed by atoms with Crippen LogP contribution in [-0.2, 0) is 6.54 Å². The molecule has 30 heavy (non-hydrogen) atoms. The number of hydrogen-bond acceptors (Lipinski definition) is 6. The smallest absolute Gasteiger partial charge is 0.291 e. The van der Waals surface area contributed by atoms with Gasteiger partial charge in [0.05, 0.1) is 5.69 Å². The van der Waals surface area contributed by atoms with Crippen LogP contribution >= 0.6 is 0 Å². The number of fused-ring (bicyclic) bond motifs is 1. The molecular formula is C21H26N6O3. The third-order valence-electron chi connectivity index (χ3n) is 4.99. The van der Waals surface area contributed by atoms with Crippen LogP contribution in [0.3, 0.4) is 0 Å². The Labute approximate surface area is 173 Å². The highest BCUT2D eigenvalue weighted by molar-refractivity contribution is 5.96. The van der Waals surface area contributed by atoms with Crippen LogP contribution in [-0.4, -0.2) is 43.3 Å². The Morgan fingerprint density at radius 1 is 1.33 bits per heavy atom. The Balaban J connectivity index is 1.96. The van der Waals surface area contributed by atoms with Crippen molar-refractivity contribution in [1.82, 2.24) is 24.5 Å². The van der Waals surface area contributed by atoms with Crippen LogP contribution in [0.25, 0.3) is 16.9 Å². The second-order valence-electron chi connectivity index (χ2n) is 8.87. The van der Waals surface area contributed by atoms with Gasteiger partial charge in [-0.15, -0.1) is 0 Å². The van der Waals surface area contributed by atoms with E-state index in [1.54, 1.807) is 30.1 Å². The van der Waals surface area contributed by atoms with Crippen LogP contribution < -0.4 is 16.2 Å². The Morgan fingerprint density at radius 2 is 2.07 bits per heavy atom. The number of pyridine rings is 1. The van der Waals surface area contributed by atoms with E-state index >= 15 is 0 Å². The first-order chi connectivity index (χ1) is 14.2. The molecule has 9 heteroatoms. The lowest BCUT2D eigenvalue weighted by Gasteiger charge is -2.23. The highest BCUT2D eigenvalue weighted by Crippen LogP contribution is 2.30. The largest absolute Gasteiger partial charge is 0.494 e. The van der Waals surface area contributed by atoms with Gasteiger partial charge in [0.2, 0.25) is 5.88 Å². The second-order valence-corrected chi connectivity index (χ2v) is 8.87. The quantitative estimate of drug-likeness (QED) is 0.595. The van der Waals surface area contributed by atoms with E-state index < -0.39 is 11.5 Å². The predicted octanol–water partition coefficient (Wildman–Crippen LogP) is 2.24. The van der Waals surface area contributed by atoms with E-state index in [2.05, 4.69) is 20.7 Å². The third kappa shape index (κ3) is 3.62. The molecule has 1 aliphatic carbocycles. The number of carbonyl (C=O) groups is 1. The van der Waals surface area contributed by atoms with E-state index in [4.69, 9.17) is 0 Å². The van der Waals surface area contributed by atoms with Crippen molar-refractivity contribution in [2.24, 2.45) is 5.41 Å². The minimum absolute atomic E-state index is 0.0600. The lowest BCUT2D eigenvalue weighted by atomic mass is 9.96. The highest BCUT2D eigenvalue weighted by Gasteiger charge is 2.30. The summed E-state index contributed by atoms with van der Waals surface area (Å²) in [7, 11) is 1.79. The monoisotopic (exact) mass is 410 g/mol. The maximum absolute atomic E-state index is 13.1. The summed E-state index contributed by atoms with van der Waals surface area (Å²) in [6.07, 6.45) is 5.08. The minimum Gasteiger partial charge on any atom is -0.494 e. The van der Waals surface area contributed by atoms with Crippen LogP contribution in [0.15, 0.2) is 29.3 Å². The number of anilines is 1. The Hall–Kier alpha value is -3.36. The molecule has 0 spiro atoms. The first-order valence-corrected chi connectivity index (χ1v) is 9.98. The van der Waals surface area contributed by atoms with Crippen molar-refractivity contribution in [1.29, 1.82) is 0 Å². The zero-order valence-corrected chi connectivity index (χ0v) is 17.6. The molecule has 3 N–H and O–H groups in total. The van der Waals surface area contributed by atoms with Gasteiger partial charge in [-0.1, -0.05) is 20.8 Å². The molecule has 4 rings (SSSR count). The summed E-state index contributed by atoms with van der Waals surface area (Å²) >= 11 is 0. The molecule has 0 atom stereocenters. The maximum atomic E-state index is 13.1. The molecule has 3 aromatic rings. The summed E-state index contributed by atoms with van der Waals surface area (Å²) in [6.45, 7) is 6.44. The number of aromatic hydroxyl groups is 1. The fourth-order valence-electron chi connectivity index (χ4n) is 3.42. The lowest BCUT2D eigenvalue weighted by molar-refractivity contribution is 0.0944. The SMILES string of the molecule is CNc1ccncc1-c1cc2n(CC(C)(C)C)c(O)c(C(=O)NC3CC3)c(=O)n2n1. The van der Waals surface area contributed by atoms with Gasteiger partial charge in [0.1, 0.15) is 5.65 Å². The van der Waals surface area contributed by atoms with Gasteiger partial charge in [0, 0.05) is 49.3 Å². The van der Waals surface area contributed by atoms with Gasteiger partial charge >= 0.3 is 0 Å². The molecule has 0 bridgehead atoms. The van der Waals surface area contributed by atoms with Crippen LogP contribution in [0.4, 0.5) is 5.69 Å². The fourth-order valence-corrected chi connectivity index (χ4v) is 3.42. The number of aromatic nitrogens is 4. The van der Waals surface area contributed by atoms with Gasteiger partial charge in [-0.2, -0.15) is 9.61 Å². The fraction of sp³-hybridized carbons (Fsp3) is 0.429. The van der Waals surface area contributed by atoms with Gasteiger partial charge < -0.3 is 15.7 Å². The normalized spacial score (nSPS) is 14.1. The van der Waals surface area contributed by atoms with Crippen molar-refractivity contribution in [2.45, 2.75) is 46.2 Å². The van der Waals surface area contributed by atoms with Crippen molar-refractivity contribution < 1.29 is 9.90 Å². The Morgan fingerprint density at radius 3 is 2.70 bits per heavy atom. The molecule has 1 fully saturated rings. The van der Waals surface area contributed by atoms with Gasteiger partial charge in [-0.05, 0) is 24.3 Å². The summed E-state index contributed by atoms with van der Waals surface area (Å²) in [6, 6.07) is 3.60. The van der Waals surface area contributed by atoms with Crippen LogP contribution in [0.5, 0.6) is 5.88 Å². The average molecular weight is 410 g/mol. The zero-order valence-electron chi connectivity index (χ0n) is 17.6. The number of rotatable bonds is 5. The van der Waals surface area contributed by atoms with Crippen molar-refractivity contribution in [2.75, 3.05) is 12.4 Å². The van der Waals surface area contributed by atoms with Crippen LogP contribution in [0.2, 0.25) is 0 Å². The van der Waals surface area contributed by atoms with Crippen molar-refractivity contribution in [3.63, 3.8) is 0 Å². The third-order valence-corrected chi connectivity index (χ3v) is 4.99. The molecule has 1 aliphatic rings. The van der Waals surface area contributed by atoms with E-state index in [9.17, 15) is 14.7 Å². The molecule has 3 heterocycles. The van der Waals surface area contributed by atoms with E-state index in [0.29, 0.717) is 23.4 Å². The Bertz CT molecular complexity index is 1180. The minimum atomic E-state index is -0.646. The van der Waals surface area contributed by atoms with Gasteiger partial charge in [-0.3, -0.25) is 19.1 Å². The van der Waals surface area contributed by atoms with E-state index in [0.717, 1.165) is 18.5 Å². The zero-order chi connectivity index (χ0) is 21.6. The number of nitrogens with zero attached hydrogens (tertiary/aromatic N) is 4. The highest BCUT2D eigenvalue weighted by atomic mass is 16.3. The number of amides is 1. The van der Waals surface area contributed by atoms with Gasteiger partial charge in [0.25, 0.3) is 11.5 Å². The molecule has 0 aliphatic heterocycles. The number of nitrogens with one attached hydrogen (secondary N) is 2. The van der Waals surface area contributed by atoms with Crippen LogP contribution in [0, 0.1) is 5.41 Å². The summed E-state index contributed by atoms with van der Waals surface area (Å²) in [4.78, 5) is 30.0. The maximum Gasteiger partial charge on any atom is 0.291 e. The average Bonchev–Trinajstić information content (AvgIpc) is 3.38. The summed E-state index contributed by atoms with van der Waals surface area (Å²) in [5.41, 5.74) is 1.31. The molecular weight excluding hydrogens is 384 g/mol. The lowest BCUT2D eigenvalue weighted by Crippen LogP contribution is -2.35. The first-order valence-electron chi connectivity index (χ1n) is 9.98.